The van der Waals surface area contributed by atoms with E-state index in [1.54, 1.807) is 12.1 Å². The van der Waals surface area contributed by atoms with Crippen LogP contribution in [-0.4, -0.2) is 29.6 Å². The summed E-state index contributed by atoms with van der Waals surface area (Å²) in [5.74, 6) is -1.22. The van der Waals surface area contributed by atoms with E-state index in [4.69, 9.17) is 4.74 Å². The van der Waals surface area contributed by atoms with Gasteiger partial charge >= 0.3 is 5.97 Å². The predicted octanol–water partition coefficient (Wildman–Crippen LogP) is 7.45. The largest absolute Gasteiger partial charge is 0.465 e. The summed E-state index contributed by atoms with van der Waals surface area (Å²) in [5, 5.41) is 10.00. The highest BCUT2D eigenvalue weighted by molar-refractivity contribution is 6.08. The number of ether oxygens (including phenoxy) is 1. The van der Waals surface area contributed by atoms with Gasteiger partial charge in [0.25, 0.3) is 0 Å². The van der Waals surface area contributed by atoms with Crippen molar-refractivity contribution in [2.24, 2.45) is 5.92 Å². The van der Waals surface area contributed by atoms with Crippen LogP contribution in [0.25, 0.3) is 0 Å². The van der Waals surface area contributed by atoms with E-state index >= 15 is 0 Å². The highest BCUT2D eigenvalue weighted by Gasteiger charge is 2.28. The van der Waals surface area contributed by atoms with Gasteiger partial charge in [0.15, 0.2) is 5.78 Å². The van der Waals surface area contributed by atoms with E-state index in [9.17, 15) is 14.7 Å². The second-order valence-corrected chi connectivity index (χ2v) is 9.01. The zero-order chi connectivity index (χ0) is 24.2. The average Bonchev–Trinajstić information content (AvgIpc) is 2.83. The summed E-state index contributed by atoms with van der Waals surface area (Å²) in [7, 11) is 0. The second-order valence-electron chi connectivity index (χ2n) is 9.01. The number of aliphatic hydroxyl groups is 1. The van der Waals surface area contributed by atoms with Crippen LogP contribution in [0.3, 0.4) is 0 Å². The third-order valence-electron chi connectivity index (χ3n) is 5.98. The minimum Gasteiger partial charge on any atom is -0.465 e. The van der Waals surface area contributed by atoms with Gasteiger partial charge < -0.3 is 9.84 Å². The maximum absolute atomic E-state index is 12.9. The minimum atomic E-state index is -0.706. The summed E-state index contributed by atoms with van der Waals surface area (Å²) in [6, 6.07) is 9.05. The molecule has 1 aromatic rings. The molecule has 0 fully saturated rings. The fourth-order valence-electron chi connectivity index (χ4n) is 3.84. The number of esters is 1. The van der Waals surface area contributed by atoms with Crippen LogP contribution in [0, 0.1) is 5.92 Å². The van der Waals surface area contributed by atoms with Crippen molar-refractivity contribution in [3.8, 4) is 0 Å². The van der Waals surface area contributed by atoms with Crippen LogP contribution in [0.1, 0.15) is 114 Å². The number of unbranched alkanes of at least 4 members (excludes halogenated alkanes) is 8. The maximum atomic E-state index is 12.9. The van der Waals surface area contributed by atoms with Gasteiger partial charge in [-0.15, -0.1) is 0 Å². The molecule has 1 rings (SSSR count). The second kappa shape index (κ2) is 19.5. The topological polar surface area (TPSA) is 63.6 Å². The Labute approximate surface area is 201 Å². The number of aliphatic hydroxyl groups excluding tert-OH is 1. The molecule has 186 valence electrons. The summed E-state index contributed by atoms with van der Waals surface area (Å²) >= 11 is 0. The highest BCUT2D eigenvalue weighted by Crippen LogP contribution is 2.19. The highest BCUT2D eigenvalue weighted by atomic mass is 16.5. The molecule has 0 aromatic heterocycles. The van der Waals surface area contributed by atoms with Crippen molar-refractivity contribution in [3.63, 3.8) is 0 Å². The van der Waals surface area contributed by atoms with E-state index in [0.717, 1.165) is 64.2 Å². The molecule has 1 unspecified atom stereocenters. The van der Waals surface area contributed by atoms with Crippen LogP contribution < -0.4 is 0 Å². The summed E-state index contributed by atoms with van der Waals surface area (Å²) in [6.45, 7) is 4.63. The van der Waals surface area contributed by atoms with E-state index < -0.39 is 5.92 Å². The smallest absolute Gasteiger partial charge is 0.316 e. The third-order valence-corrected chi connectivity index (χ3v) is 5.98. The molecule has 1 N–H and O–H groups in total. The Balaban J connectivity index is 2.29. The number of benzene rings is 1. The number of ketones is 1. The molecule has 1 aromatic carbocycles. The van der Waals surface area contributed by atoms with E-state index in [0.29, 0.717) is 18.6 Å². The Morgan fingerprint density at radius 2 is 1.52 bits per heavy atom. The van der Waals surface area contributed by atoms with Gasteiger partial charge in [-0.2, -0.15) is 0 Å². The molecule has 0 amide bonds. The number of Topliss-reactive ketones (excluding diaryl/α,β-unsaturated/α-hetero) is 1. The van der Waals surface area contributed by atoms with Gasteiger partial charge in [0, 0.05) is 5.56 Å². The first-order chi connectivity index (χ1) is 16.1. The van der Waals surface area contributed by atoms with Crippen LogP contribution in [0.5, 0.6) is 0 Å². The Kier molecular flexibility index (Phi) is 17.2. The lowest BCUT2D eigenvalue weighted by Gasteiger charge is -2.15. The van der Waals surface area contributed by atoms with Crippen molar-refractivity contribution in [1.29, 1.82) is 0 Å². The van der Waals surface area contributed by atoms with Gasteiger partial charge in [-0.25, -0.2) is 0 Å². The number of rotatable bonds is 20. The molecule has 33 heavy (non-hydrogen) atoms. The van der Waals surface area contributed by atoms with Gasteiger partial charge in [0.1, 0.15) is 5.92 Å². The van der Waals surface area contributed by atoms with E-state index in [-0.39, 0.29) is 17.9 Å². The predicted molar refractivity (Wildman–Crippen MR) is 136 cm³/mol. The number of carbonyl (C=O) groups is 2. The van der Waals surface area contributed by atoms with Crippen LogP contribution in [0.15, 0.2) is 42.5 Å². The van der Waals surface area contributed by atoms with E-state index in [1.165, 1.54) is 19.3 Å². The maximum Gasteiger partial charge on any atom is 0.316 e. The standard InChI is InChI=1S/C29H46O4/c1-3-5-7-16-21-26(30)22-17-11-9-8-10-12-18-23-27(29(32)33-24-6-4-2)28(31)25-19-14-13-15-20-25/h11,13-15,17,19-20,26-27,30H,3-10,12,16,18,21-24H2,1-2H3/t26-,27?/m1/s1. The van der Waals surface area contributed by atoms with Crippen molar-refractivity contribution in [2.45, 2.75) is 110 Å². The fraction of sp³-hybridized carbons (Fsp3) is 0.655. The summed E-state index contributed by atoms with van der Waals surface area (Å²) in [5.41, 5.74) is 0.577. The summed E-state index contributed by atoms with van der Waals surface area (Å²) in [4.78, 5) is 25.4. The SMILES string of the molecule is CCCCCC[C@@H](O)CC=CCCCCCCC(C(=O)OCCCC)C(=O)c1ccccc1. The molecule has 0 spiro atoms. The number of hydrogen-bond acceptors (Lipinski definition) is 4. The third kappa shape index (κ3) is 14.0. The lowest BCUT2D eigenvalue weighted by molar-refractivity contribution is -0.147. The van der Waals surface area contributed by atoms with Gasteiger partial charge in [0.2, 0.25) is 0 Å². The molecular weight excluding hydrogens is 412 g/mol. The zero-order valence-electron chi connectivity index (χ0n) is 21.0. The summed E-state index contributed by atoms with van der Waals surface area (Å²) in [6.07, 6.45) is 17.8. The van der Waals surface area contributed by atoms with Crippen molar-refractivity contribution < 1.29 is 19.4 Å². The fourth-order valence-corrected chi connectivity index (χ4v) is 3.84. The first-order valence-electron chi connectivity index (χ1n) is 13.2. The van der Waals surface area contributed by atoms with Crippen LogP contribution in [0.2, 0.25) is 0 Å². The minimum absolute atomic E-state index is 0.131. The van der Waals surface area contributed by atoms with E-state index in [2.05, 4.69) is 19.1 Å². The Morgan fingerprint density at radius 3 is 2.24 bits per heavy atom. The molecule has 0 bridgehead atoms. The number of hydrogen-bond donors (Lipinski definition) is 1. The monoisotopic (exact) mass is 458 g/mol. The molecule has 0 saturated heterocycles. The molecule has 0 heterocycles. The molecular formula is C29H46O4. The van der Waals surface area contributed by atoms with E-state index in [1.807, 2.05) is 25.1 Å². The average molecular weight is 459 g/mol. The van der Waals surface area contributed by atoms with Gasteiger partial charge in [-0.05, 0) is 38.5 Å². The lowest BCUT2D eigenvalue weighted by atomic mass is 9.92. The number of carbonyl (C=O) groups excluding carboxylic acids is 2. The van der Waals surface area contributed by atoms with Crippen LogP contribution >= 0.6 is 0 Å². The van der Waals surface area contributed by atoms with Crippen molar-refractivity contribution in [2.75, 3.05) is 6.61 Å². The Morgan fingerprint density at radius 1 is 0.848 bits per heavy atom. The van der Waals surface area contributed by atoms with Gasteiger partial charge in [-0.3, -0.25) is 9.59 Å². The van der Waals surface area contributed by atoms with Crippen molar-refractivity contribution in [3.05, 3.63) is 48.0 Å². The molecule has 0 radical (unpaired) electrons. The first kappa shape index (κ1) is 29.1. The Hall–Kier alpha value is -1.94. The lowest BCUT2D eigenvalue weighted by Crippen LogP contribution is -2.26. The van der Waals surface area contributed by atoms with Gasteiger partial charge in [0.05, 0.1) is 12.7 Å². The molecule has 4 nitrogen and oxygen atoms in total. The van der Waals surface area contributed by atoms with Crippen LogP contribution in [0.4, 0.5) is 0 Å². The number of allylic oxidation sites excluding steroid dienone is 1. The Bertz CT molecular complexity index is 653. The quantitative estimate of drug-likeness (QED) is 0.0724. The first-order valence-corrected chi connectivity index (χ1v) is 13.2. The van der Waals surface area contributed by atoms with Crippen molar-refractivity contribution in [1.82, 2.24) is 0 Å². The molecule has 0 aliphatic rings. The van der Waals surface area contributed by atoms with Crippen molar-refractivity contribution >= 4 is 11.8 Å². The molecule has 0 saturated carbocycles. The molecule has 2 atom stereocenters. The molecule has 0 aliphatic heterocycles. The molecule has 4 heteroatoms. The zero-order valence-corrected chi connectivity index (χ0v) is 21.0. The molecule has 0 aliphatic carbocycles. The normalized spacial score (nSPS) is 13.2. The van der Waals surface area contributed by atoms with Gasteiger partial charge in [-0.1, -0.05) is 108 Å². The summed E-state index contributed by atoms with van der Waals surface area (Å²) < 4.78 is 5.38. The van der Waals surface area contributed by atoms with Crippen LogP contribution in [-0.2, 0) is 9.53 Å².